The minimum absolute atomic E-state index is 0.158. The second-order valence-electron chi connectivity index (χ2n) is 19.3. The van der Waals surface area contributed by atoms with Gasteiger partial charge in [-0.15, -0.1) is 0 Å². The number of alkyl carbamates (subject to hydrolysis) is 2. The maximum Gasteiger partial charge on any atom is 0.407 e. The Labute approximate surface area is 404 Å². The van der Waals surface area contributed by atoms with Crippen LogP contribution < -0.4 is 20.1 Å². The van der Waals surface area contributed by atoms with Gasteiger partial charge in [0.1, 0.15) is 41.0 Å². The third-order valence-corrected chi connectivity index (χ3v) is 14.1. The molecule has 4 aliphatic heterocycles. The van der Waals surface area contributed by atoms with Crippen LogP contribution >= 0.6 is 0 Å². The molecule has 10 rings (SSSR count). The summed E-state index contributed by atoms with van der Waals surface area (Å²) < 4.78 is 41.6. The molecule has 0 saturated carbocycles. The van der Waals surface area contributed by atoms with E-state index in [2.05, 4.69) is 26.7 Å². The molecule has 4 amide bonds. The molecule has 4 aliphatic rings. The maximum absolute atomic E-state index is 17.0. The van der Waals surface area contributed by atoms with Crippen molar-refractivity contribution in [3.05, 3.63) is 95.6 Å². The molecule has 3 unspecified atom stereocenters. The first-order chi connectivity index (χ1) is 33.8. The highest BCUT2D eigenvalue weighted by Gasteiger charge is 2.40. The van der Waals surface area contributed by atoms with E-state index >= 15 is 4.39 Å². The lowest BCUT2D eigenvalue weighted by Crippen LogP contribution is -2.51. The zero-order valence-electron chi connectivity index (χ0n) is 40.1. The number of hydrogen-bond donors (Lipinski definition) is 4. The summed E-state index contributed by atoms with van der Waals surface area (Å²) in [7, 11) is 2.54. The molecule has 366 valence electrons. The number of amides is 4. The van der Waals surface area contributed by atoms with Gasteiger partial charge in [-0.2, -0.15) is 0 Å². The van der Waals surface area contributed by atoms with Gasteiger partial charge in [0.2, 0.25) is 18.0 Å². The van der Waals surface area contributed by atoms with Gasteiger partial charge in [0.25, 0.3) is 0 Å². The lowest BCUT2D eigenvalue weighted by atomic mass is 10.00. The maximum atomic E-state index is 17.0. The lowest BCUT2D eigenvalue weighted by molar-refractivity contribution is -0.136. The Balaban J connectivity index is 0.981. The number of hydrogen-bond acceptors (Lipinski definition) is 10. The summed E-state index contributed by atoms with van der Waals surface area (Å²) in [4.78, 5) is 71.9. The number of H-pyrrole nitrogens is 2. The summed E-state index contributed by atoms with van der Waals surface area (Å²) in [6.45, 7) is 9.21. The van der Waals surface area contributed by atoms with Crippen molar-refractivity contribution in [1.29, 1.82) is 0 Å². The van der Waals surface area contributed by atoms with Crippen LogP contribution in [0.3, 0.4) is 0 Å². The van der Waals surface area contributed by atoms with Crippen LogP contribution in [0.5, 0.6) is 11.5 Å². The monoisotopic (exact) mass is 955 g/mol. The number of aryl methyl sites for hydroxylation is 1. The minimum atomic E-state index is -0.778. The Morgan fingerprint density at radius 1 is 0.743 bits per heavy atom. The third-order valence-electron chi connectivity index (χ3n) is 14.1. The first-order valence-electron chi connectivity index (χ1n) is 24.1. The van der Waals surface area contributed by atoms with Gasteiger partial charge in [-0.1, -0.05) is 33.8 Å². The van der Waals surface area contributed by atoms with Gasteiger partial charge >= 0.3 is 12.2 Å². The molecule has 5 atom stereocenters. The lowest BCUT2D eigenvalue weighted by Gasteiger charge is -2.31. The van der Waals surface area contributed by atoms with Crippen molar-refractivity contribution in [3.63, 3.8) is 0 Å². The summed E-state index contributed by atoms with van der Waals surface area (Å²) in [5.74, 6) is 1.21. The molecular formula is C52H58FN9O8. The summed E-state index contributed by atoms with van der Waals surface area (Å²) >= 11 is 0. The molecular weight excluding hydrogens is 898 g/mol. The fourth-order valence-corrected chi connectivity index (χ4v) is 10.5. The summed E-state index contributed by atoms with van der Waals surface area (Å²) in [6.07, 6.45) is 6.12. The van der Waals surface area contributed by atoms with E-state index in [1.807, 2.05) is 74.7 Å². The largest absolute Gasteiger partial charge is 0.493 e. The van der Waals surface area contributed by atoms with E-state index in [9.17, 15) is 19.2 Å². The number of fused-ring (bicyclic) bond motifs is 6. The Bertz CT molecular complexity index is 3000. The normalized spacial score (nSPS) is 19.2. The molecule has 0 radical (unpaired) electrons. The number of carbonyl (C=O) groups excluding carboxylic acids is 4. The van der Waals surface area contributed by atoms with Gasteiger partial charge in [-0.25, -0.2) is 23.9 Å². The number of methoxy groups -OCH3 is 2. The topological polar surface area (TPSA) is 198 Å². The van der Waals surface area contributed by atoms with E-state index in [0.717, 1.165) is 64.7 Å². The van der Waals surface area contributed by atoms with E-state index in [1.165, 1.54) is 20.3 Å². The van der Waals surface area contributed by atoms with Crippen molar-refractivity contribution in [1.82, 2.24) is 44.9 Å². The molecule has 4 N–H and O–H groups in total. The summed E-state index contributed by atoms with van der Waals surface area (Å²) in [5.41, 5.74) is 6.48. The number of imidazole rings is 2. The molecule has 17 nitrogen and oxygen atoms in total. The highest BCUT2D eigenvalue weighted by molar-refractivity contribution is 5.93. The van der Waals surface area contributed by atoms with E-state index < -0.39 is 36.3 Å². The van der Waals surface area contributed by atoms with Crippen molar-refractivity contribution in [2.75, 3.05) is 33.9 Å². The van der Waals surface area contributed by atoms with Gasteiger partial charge in [-0.3, -0.25) is 9.59 Å². The Hall–Kier alpha value is -7.37. The molecule has 0 bridgehead atoms. The number of benzene rings is 3. The van der Waals surface area contributed by atoms with Gasteiger partial charge in [0.05, 0.1) is 73.5 Å². The van der Waals surface area contributed by atoms with Crippen LogP contribution in [0.4, 0.5) is 14.0 Å². The van der Waals surface area contributed by atoms with E-state index in [4.69, 9.17) is 28.9 Å². The van der Waals surface area contributed by atoms with Crippen LogP contribution in [-0.4, -0.2) is 104 Å². The van der Waals surface area contributed by atoms with Crippen molar-refractivity contribution in [2.24, 2.45) is 11.8 Å². The summed E-state index contributed by atoms with van der Waals surface area (Å²) in [5, 5.41) is 6.25. The molecule has 7 heterocycles. The van der Waals surface area contributed by atoms with E-state index in [-0.39, 0.29) is 35.7 Å². The zero-order valence-corrected chi connectivity index (χ0v) is 40.1. The number of halogens is 1. The molecule has 3 aromatic carbocycles. The highest BCUT2D eigenvalue weighted by Crippen LogP contribution is 2.48. The number of carbonyl (C=O) groups is 4. The fraction of sp³-hybridized carbons (Fsp3) is 0.423. The Morgan fingerprint density at radius 2 is 1.36 bits per heavy atom. The molecule has 18 heteroatoms. The smallest absolute Gasteiger partial charge is 0.407 e. The Morgan fingerprint density at radius 3 is 1.96 bits per heavy atom. The zero-order chi connectivity index (χ0) is 49.0. The first-order valence-corrected chi connectivity index (χ1v) is 24.1. The molecule has 2 fully saturated rings. The average Bonchev–Trinajstić information content (AvgIpc) is 4.23. The molecule has 70 heavy (non-hydrogen) atoms. The van der Waals surface area contributed by atoms with Crippen LogP contribution in [0.2, 0.25) is 0 Å². The number of likely N-dealkylation sites (tertiary alicyclic amines) is 2. The SMILES string of the molecule is COC(=O)NC(C(=O)N1CCC[C@H]1c1ncc(-c2cc(F)c3c(c2)OC(c2ccc4c(c2)CCCO4)n2c-3cc3cc(-c4cnc([C@@H]5CCCN5C(=O)C(NC(=O)OC)C(C)C)[nH]4)ccc32)[nH]1)C(C)C. The quantitative estimate of drug-likeness (QED) is 0.0976. The molecule has 6 aromatic rings. The number of nitrogens with one attached hydrogen (secondary N) is 4. The van der Waals surface area contributed by atoms with Crippen LogP contribution in [-0.2, 0) is 25.5 Å². The molecule has 3 aromatic heterocycles. The second-order valence-corrected chi connectivity index (χ2v) is 19.3. The molecule has 2 saturated heterocycles. The Kier molecular flexibility index (Phi) is 12.5. The summed E-state index contributed by atoms with van der Waals surface area (Å²) in [6, 6.07) is 15.3. The number of aromatic nitrogens is 5. The van der Waals surface area contributed by atoms with Crippen molar-refractivity contribution in [3.8, 4) is 45.3 Å². The van der Waals surface area contributed by atoms with Crippen LogP contribution in [0, 0.1) is 17.7 Å². The van der Waals surface area contributed by atoms with Crippen LogP contribution in [0.25, 0.3) is 44.7 Å². The predicted octanol–water partition coefficient (Wildman–Crippen LogP) is 8.58. The van der Waals surface area contributed by atoms with Crippen molar-refractivity contribution < 1.29 is 42.5 Å². The van der Waals surface area contributed by atoms with Crippen LogP contribution in [0.1, 0.15) is 101 Å². The molecule has 0 aliphatic carbocycles. The predicted molar refractivity (Wildman–Crippen MR) is 257 cm³/mol. The van der Waals surface area contributed by atoms with Gasteiger partial charge in [0.15, 0.2) is 0 Å². The second kappa shape index (κ2) is 18.8. The van der Waals surface area contributed by atoms with E-state index in [1.54, 1.807) is 22.2 Å². The third kappa shape index (κ3) is 8.46. The average molecular weight is 956 g/mol. The van der Waals surface area contributed by atoms with Crippen LogP contribution in [0.15, 0.2) is 67.0 Å². The minimum Gasteiger partial charge on any atom is -0.493 e. The first kappa shape index (κ1) is 46.4. The van der Waals surface area contributed by atoms with Crippen molar-refractivity contribution >= 4 is 34.9 Å². The van der Waals surface area contributed by atoms with Gasteiger partial charge in [-0.05, 0) is 104 Å². The number of aromatic amines is 2. The van der Waals surface area contributed by atoms with Gasteiger partial charge < -0.3 is 53.9 Å². The standard InChI is InChI=1S/C52H58FN9O8/c1-27(2)44(58-51(65)67-5)48(63)60-17-7-11-38(60)46-54-25-35(56-46)29-13-15-37-33(20-29)23-40-43-34(53)22-32(24-42(43)70-50(62(37)40)31-14-16-41-30(21-31)10-9-19-69-41)36-26-55-47(57-36)39-12-8-18-61(39)49(64)45(28(3)4)59-52(66)68-6/h13-16,20-28,38-39,44-45,50H,7-12,17-19H2,1-6H3,(H,54,56)(H,55,57)(H,58,65)(H,59,66)/t38-,39-,44?,45?,50?/m0/s1. The van der Waals surface area contributed by atoms with Gasteiger partial charge in [0, 0.05) is 35.2 Å². The fourth-order valence-electron chi connectivity index (χ4n) is 10.5. The number of nitrogens with zero attached hydrogens (tertiary/aromatic N) is 5. The highest BCUT2D eigenvalue weighted by atomic mass is 19.1. The number of ether oxygens (including phenoxy) is 4. The number of rotatable bonds is 11. The van der Waals surface area contributed by atoms with Crippen molar-refractivity contribution in [2.45, 2.75) is 96.6 Å². The molecule has 0 spiro atoms. The van der Waals surface area contributed by atoms with E-state index in [0.29, 0.717) is 72.5 Å².